The van der Waals surface area contributed by atoms with Crippen molar-refractivity contribution in [3.05, 3.63) is 0 Å². The highest BCUT2D eigenvalue weighted by atomic mass is 16.1. The van der Waals surface area contributed by atoms with Gasteiger partial charge in [-0.1, -0.05) is 12.8 Å². The van der Waals surface area contributed by atoms with Crippen molar-refractivity contribution in [2.45, 2.75) is 32.6 Å². The topological polar surface area (TPSA) is 20.3 Å². The van der Waals surface area contributed by atoms with Gasteiger partial charge < -0.3 is 0 Å². The van der Waals surface area contributed by atoms with Crippen LogP contribution in [0.5, 0.6) is 0 Å². The lowest BCUT2D eigenvalue weighted by atomic mass is 9.82. The molecule has 0 aromatic carbocycles. The van der Waals surface area contributed by atoms with Crippen LogP contribution in [0.3, 0.4) is 0 Å². The van der Waals surface area contributed by atoms with Gasteiger partial charge in [-0.25, -0.2) is 0 Å². The van der Waals surface area contributed by atoms with E-state index in [0.29, 0.717) is 12.3 Å². The van der Waals surface area contributed by atoms with E-state index in [2.05, 4.69) is 4.90 Å². The molecule has 0 bridgehead atoms. The van der Waals surface area contributed by atoms with Crippen molar-refractivity contribution in [1.82, 2.24) is 4.90 Å². The van der Waals surface area contributed by atoms with Gasteiger partial charge in [0, 0.05) is 13.1 Å². The molecule has 2 atom stereocenters. The van der Waals surface area contributed by atoms with Crippen LogP contribution in [0.1, 0.15) is 32.6 Å². The normalized spacial score (nSPS) is 34.5. The van der Waals surface area contributed by atoms with Gasteiger partial charge in [0.25, 0.3) is 0 Å². The Balaban J connectivity index is 1.87. The van der Waals surface area contributed by atoms with Crippen LogP contribution in [0.4, 0.5) is 0 Å². The standard InChI is InChI=1S/C11H19NO/c1-9(13)6-12-7-10-4-2-3-5-11(10)8-12/h10-11H,2-8H2,1H3. The molecular formula is C11H19NO. The molecule has 0 aromatic heterocycles. The van der Waals surface area contributed by atoms with Crippen molar-refractivity contribution >= 4 is 5.78 Å². The Bertz CT molecular complexity index is 188. The molecule has 2 fully saturated rings. The maximum Gasteiger partial charge on any atom is 0.143 e. The third kappa shape index (κ3) is 2.11. The van der Waals surface area contributed by atoms with Gasteiger partial charge in [0.1, 0.15) is 5.78 Å². The first kappa shape index (κ1) is 9.20. The molecule has 0 amide bonds. The van der Waals surface area contributed by atoms with E-state index in [1.807, 2.05) is 0 Å². The van der Waals surface area contributed by atoms with E-state index >= 15 is 0 Å². The van der Waals surface area contributed by atoms with Crippen LogP contribution in [0, 0.1) is 11.8 Å². The Kier molecular flexibility index (Phi) is 2.68. The van der Waals surface area contributed by atoms with Gasteiger partial charge in [0.15, 0.2) is 0 Å². The number of likely N-dealkylation sites (tertiary alicyclic amines) is 1. The zero-order chi connectivity index (χ0) is 9.26. The minimum Gasteiger partial charge on any atom is -0.299 e. The lowest BCUT2D eigenvalue weighted by molar-refractivity contribution is -0.117. The van der Waals surface area contributed by atoms with Crippen molar-refractivity contribution in [2.75, 3.05) is 19.6 Å². The minimum absolute atomic E-state index is 0.318. The van der Waals surface area contributed by atoms with Gasteiger partial charge in [-0.2, -0.15) is 0 Å². The molecule has 1 saturated heterocycles. The number of hydrogen-bond acceptors (Lipinski definition) is 2. The Morgan fingerprint density at radius 1 is 1.23 bits per heavy atom. The second-order valence-corrected chi connectivity index (χ2v) is 4.70. The van der Waals surface area contributed by atoms with Crippen LogP contribution in [0.25, 0.3) is 0 Å². The summed E-state index contributed by atoms with van der Waals surface area (Å²) in [5, 5.41) is 0. The summed E-state index contributed by atoms with van der Waals surface area (Å²) in [7, 11) is 0. The number of hydrogen-bond donors (Lipinski definition) is 0. The highest BCUT2D eigenvalue weighted by Crippen LogP contribution is 2.35. The van der Waals surface area contributed by atoms with Crippen molar-refractivity contribution in [3.63, 3.8) is 0 Å². The summed E-state index contributed by atoms with van der Waals surface area (Å²) in [6.45, 7) is 4.75. The van der Waals surface area contributed by atoms with Crippen LogP contribution in [-0.4, -0.2) is 30.3 Å². The molecule has 2 rings (SSSR count). The zero-order valence-corrected chi connectivity index (χ0v) is 8.46. The average molecular weight is 181 g/mol. The van der Waals surface area contributed by atoms with E-state index < -0.39 is 0 Å². The molecule has 2 aliphatic rings. The predicted molar refractivity (Wildman–Crippen MR) is 52.6 cm³/mol. The lowest BCUT2D eigenvalue weighted by Gasteiger charge is -2.23. The largest absolute Gasteiger partial charge is 0.299 e. The van der Waals surface area contributed by atoms with E-state index in [1.54, 1.807) is 6.92 Å². The van der Waals surface area contributed by atoms with E-state index in [4.69, 9.17) is 0 Å². The Labute approximate surface area is 80.3 Å². The molecule has 13 heavy (non-hydrogen) atoms. The summed E-state index contributed by atoms with van der Waals surface area (Å²) in [6, 6.07) is 0. The Hall–Kier alpha value is -0.370. The van der Waals surface area contributed by atoms with Gasteiger partial charge in [-0.15, -0.1) is 0 Å². The SMILES string of the molecule is CC(=O)CN1CC2CCCCC2C1. The third-order valence-corrected chi connectivity index (χ3v) is 3.50. The van der Waals surface area contributed by atoms with Crippen LogP contribution in [-0.2, 0) is 4.79 Å². The van der Waals surface area contributed by atoms with Crippen LogP contribution in [0.15, 0.2) is 0 Å². The zero-order valence-electron chi connectivity index (χ0n) is 8.46. The monoisotopic (exact) mass is 181 g/mol. The first-order valence-electron chi connectivity index (χ1n) is 5.47. The second kappa shape index (κ2) is 3.79. The fraction of sp³-hybridized carbons (Fsp3) is 0.909. The summed E-state index contributed by atoms with van der Waals surface area (Å²) in [5.41, 5.74) is 0. The molecule has 2 heteroatoms. The van der Waals surface area contributed by atoms with E-state index in [9.17, 15) is 4.79 Å². The van der Waals surface area contributed by atoms with Gasteiger partial charge in [-0.3, -0.25) is 9.69 Å². The van der Waals surface area contributed by atoms with Crippen LogP contribution < -0.4 is 0 Å². The quantitative estimate of drug-likeness (QED) is 0.646. The third-order valence-electron chi connectivity index (χ3n) is 3.50. The van der Waals surface area contributed by atoms with Gasteiger partial charge >= 0.3 is 0 Å². The molecule has 1 aliphatic heterocycles. The highest BCUT2D eigenvalue weighted by molar-refractivity contribution is 5.77. The number of fused-ring (bicyclic) bond motifs is 1. The summed E-state index contributed by atoms with van der Waals surface area (Å²) in [5.74, 6) is 2.14. The lowest BCUT2D eigenvalue weighted by Crippen LogP contribution is -2.26. The molecule has 0 aromatic rings. The maximum atomic E-state index is 11.0. The molecular weight excluding hydrogens is 162 g/mol. The summed E-state index contributed by atoms with van der Waals surface area (Å²) in [6.07, 6.45) is 5.63. The van der Waals surface area contributed by atoms with E-state index in [-0.39, 0.29) is 0 Å². The second-order valence-electron chi connectivity index (χ2n) is 4.70. The number of nitrogens with zero attached hydrogens (tertiary/aromatic N) is 1. The number of carbonyl (C=O) groups excluding carboxylic acids is 1. The Morgan fingerprint density at radius 2 is 1.77 bits per heavy atom. The molecule has 2 unspecified atom stereocenters. The highest BCUT2D eigenvalue weighted by Gasteiger charge is 2.34. The van der Waals surface area contributed by atoms with Crippen molar-refractivity contribution in [3.8, 4) is 0 Å². The number of carbonyl (C=O) groups is 1. The molecule has 1 heterocycles. The van der Waals surface area contributed by atoms with Gasteiger partial charge in [0.05, 0.1) is 6.54 Å². The summed E-state index contributed by atoms with van der Waals surface area (Å²) < 4.78 is 0. The summed E-state index contributed by atoms with van der Waals surface area (Å²) >= 11 is 0. The first-order chi connectivity index (χ1) is 6.25. The molecule has 2 nitrogen and oxygen atoms in total. The molecule has 74 valence electrons. The van der Waals surface area contributed by atoms with E-state index in [0.717, 1.165) is 11.8 Å². The minimum atomic E-state index is 0.318. The molecule has 0 N–H and O–H groups in total. The van der Waals surface area contributed by atoms with Gasteiger partial charge in [-0.05, 0) is 31.6 Å². The number of ketones is 1. The average Bonchev–Trinajstić information content (AvgIpc) is 2.44. The number of Topliss-reactive ketones (excluding diaryl/α,β-unsaturated/α-hetero) is 1. The van der Waals surface area contributed by atoms with Crippen molar-refractivity contribution < 1.29 is 4.79 Å². The fourth-order valence-corrected chi connectivity index (χ4v) is 2.95. The predicted octanol–water partition coefficient (Wildman–Crippen LogP) is 1.70. The van der Waals surface area contributed by atoms with Crippen LogP contribution in [0.2, 0.25) is 0 Å². The molecule has 1 saturated carbocycles. The fourth-order valence-electron chi connectivity index (χ4n) is 2.95. The van der Waals surface area contributed by atoms with Gasteiger partial charge in [0.2, 0.25) is 0 Å². The Morgan fingerprint density at radius 3 is 2.23 bits per heavy atom. The van der Waals surface area contributed by atoms with Crippen molar-refractivity contribution in [2.24, 2.45) is 11.8 Å². The maximum absolute atomic E-state index is 11.0. The smallest absolute Gasteiger partial charge is 0.143 e. The molecule has 0 spiro atoms. The molecule has 0 radical (unpaired) electrons. The van der Waals surface area contributed by atoms with Crippen LogP contribution >= 0.6 is 0 Å². The first-order valence-corrected chi connectivity index (χ1v) is 5.47. The summed E-state index contributed by atoms with van der Waals surface area (Å²) in [4.78, 5) is 13.3. The van der Waals surface area contributed by atoms with E-state index in [1.165, 1.54) is 38.8 Å². The van der Waals surface area contributed by atoms with Crippen molar-refractivity contribution in [1.29, 1.82) is 0 Å². The molecule has 1 aliphatic carbocycles. The number of rotatable bonds is 2.